The molecule has 0 spiro atoms. The summed E-state index contributed by atoms with van der Waals surface area (Å²) in [6, 6.07) is 0. The van der Waals surface area contributed by atoms with Gasteiger partial charge in [-0.2, -0.15) is 0 Å². The lowest BCUT2D eigenvalue weighted by molar-refractivity contribution is -0.174. The zero-order valence-corrected chi connectivity index (χ0v) is 12.7. The van der Waals surface area contributed by atoms with Gasteiger partial charge >= 0.3 is 11.9 Å². The van der Waals surface area contributed by atoms with Gasteiger partial charge < -0.3 is 14.2 Å². The number of ether oxygens (including phenoxy) is 3. The lowest BCUT2D eigenvalue weighted by Gasteiger charge is -2.27. The highest BCUT2D eigenvalue weighted by Crippen LogP contribution is 2.30. The molecule has 0 aromatic heterocycles. The molecule has 0 N–H and O–H groups in total. The number of hydrogen-bond acceptors (Lipinski definition) is 5. The highest BCUT2D eigenvalue weighted by atomic mass is 16.6. The fourth-order valence-corrected chi connectivity index (χ4v) is 1.65. The predicted molar refractivity (Wildman–Crippen MR) is 71.6 cm³/mol. The van der Waals surface area contributed by atoms with Crippen molar-refractivity contribution in [3.05, 3.63) is 0 Å². The number of carbonyl (C=O) groups is 2. The minimum atomic E-state index is -1.19. The second-order valence-electron chi connectivity index (χ2n) is 4.91. The van der Waals surface area contributed by atoms with Crippen molar-refractivity contribution in [1.82, 2.24) is 0 Å². The summed E-state index contributed by atoms with van der Waals surface area (Å²) in [4.78, 5) is 24.3. The van der Waals surface area contributed by atoms with Crippen LogP contribution in [0.25, 0.3) is 0 Å². The van der Waals surface area contributed by atoms with Crippen molar-refractivity contribution in [1.29, 1.82) is 0 Å². The van der Waals surface area contributed by atoms with Crippen LogP contribution in [0.4, 0.5) is 0 Å². The summed E-state index contributed by atoms with van der Waals surface area (Å²) in [6.45, 7) is 8.25. The number of hydrogen-bond donors (Lipinski definition) is 0. The summed E-state index contributed by atoms with van der Waals surface area (Å²) in [7, 11) is 1.53. The van der Waals surface area contributed by atoms with Gasteiger partial charge in [0.1, 0.15) is 6.61 Å². The first kappa shape index (κ1) is 17.9. The molecule has 0 saturated carbocycles. The van der Waals surface area contributed by atoms with Crippen molar-refractivity contribution in [2.75, 3.05) is 26.9 Å². The lowest BCUT2D eigenvalue weighted by Crippen LogP contribution is -2.41. The van der Waals surface area contributed by atoms with E-state index in [4.69, 9.17) is 14.2 Å². The van der Waals surface area contributed by atoms with Gasteiger partial charge in [0.05, 0.1) is 13.2 Å². The first-order valence-electron chi connectivity index (χ1n) is 6.78. The molecule has 112 valence electrons. The minimum Gasteiger partial charge on any atom is -0.465 e. The van der Waals surface area contributed by atoms with Crippen LogP contribution >= 0.6 is 0 Å². The maximum Gasteiger partial charge on any atom is 0.323 e. The maximum atomic E-state index is 12.2. The second kappa shape index (κ2) is 8.91. The zero-order valence-electron chi connectivity index (χ0n) is 12.7. The summed E-state index contributed by atoms with van der Waals surface area (Å²) in [5, 5.41) is 0. The highest BCUT2D eigenvalue weighted by Gasteiger charge is 2.45. The molecule has 0 heterocycles. The van der Waals surface area contributed by atoms with E-state index in [0.29, 0.717) is 26.1 Å². The number of esters is 2. The summed E-state index contributed by atoms with van der Waals surface area (Å²) >= 11 is 0. The van der Waals surface area contributed by atoms with E-state index < -0.39 is 17.4 Å². The van der Waals surface area contributed by atoms with Crippen LogP contribution in [0, 0.1) is 11.3 Å². The van der Waals surface area contributed by atoms with E-state index in [1.54, 1.807) is 13.8 Å². The van der Waals surface area contributed by atoms with Gasteiger partial charge in [-0.15, -0.1) is 0 Å². The molecule has 5 nitrogen and oxygen atoms in total. The number of carbonyl (C=O) groups excluding carboxylic acids is 2. The Hall–Kier alpha value is -1.10. The Morgan fingerprint density at radius 1 is 1.00 bits per heavy atom. The van der Waals surface area contributed by atoms with Crippen LogP contribution < -0.4 is 0 Å². The molecule has 0 unspecified atom stereocenters. The molecule has 5 heteroatoms. The maximum absolute atomic E-state index is 12.2. The van der Waals surface area contributed by atoms with E-state index in [1.165, 1.54) is 7.11 Å². The van der Waals surface area contributed by atoms with E-state index in [9.17, 15) is 9.59 Å². The molecule has 0 aliphatic carbocycles. The van der Waals surface area contributed by atoms with Gasteiger partial charge in [0.15, 0.2) is 5.41 Å². The molecule has 0 rings (SSSR count). The van der Waals surface area contributed by atoms with E-state index >= 15 is 0 Å². The predicted octanol–water partition coefficient (Wildman–Crippen LogP) is 2.18. The SMILES string of the molecule is CCC(CC)(C(=O)OCCOC)C(=O)OCC(C)C. The monoisotopic (exact) mass is 274 g/mol. The molecular formula is C14H26O5. The smallest absolute Gasteiger partial charge is 0.323 e. The molecule has 0 radical (unpaired) electrons. The Kier molecular flexibility index (Phi) is 8.39. The van der Waals surface area contributed by atoms with Crippen molar-refractivity contribution in [3.8, 4) is 0 Å². The number of methoxy groups -OCH3 is 1. The molecule has 0 fully saturated rings. The van der Waals surface area contributed by atoms with Crippen LogP contribution in [0.1, 0.15) is 40.5 Å². The van der Waals surface area contributed by atoms with E-state index in [1.807, 2.05) is 13.8 Å². The zero-order chi connectivity index (χ0) is 14.9. The molecule has 0 saturated heterocycles. The normalized spacial score (nSPS) is 11.5. The van der Waals surface area contributed by atoms with Crippen molar-refractivity contribution in [2.24, 2.45) is 11.3 Å². The Morgan fingerprint density at radius 3 is 1.95 bits per heavy atom. The van der Waals surface area contributed by atoms with Gasteiger partial charge in [0.2, 0.25) is 0 Å². The third-order valence-corrected chi connectivity index (χ3v) is 3.06. The van der Waals surface area contributed by atoms with Gasteiger partial charge in [-0.25, -0.2) is 0 Å². The third-order valence-electron chi connectivity index (χ3n) is 3.06. The summed E-state index contributed by atoms with van der Waals surface area (Å²) in [5.74, 6) is -0.781. The Bertz CT molecular complexity index is 282. The largest absolute Gasteiger partial charge is 0.465 e. The molecular weight excluding hydrogens is 248 g/mol. The van der Waals surface area contributed by atoms with Crippen LogP contribution in [0.15, 0.2) is 0 Å². The van der Waals surface area contributed by atoms with Gasteiger partial charge in [0, 0.05) is 7.11 Å². The summed E-state index contributed by atoms with van der Waals surface area (Å²) in [5.41, 5.74) is -1.19. The van der Waals surface area contributed by atoms with Gasteiger partial charge in [-0.05, 0) is 18.8 Å². The van der Waals surface area contributed by atoms with Gasteiger partial charge in [0.25, 0.3) is 0 Å². The first-order valence-corrected chi connectivity index (χ1v) is 6.78. The van der Waals surface area contributed by atoms with Crippen LogP contribution in [-0.4, -0.2) is 38.9 Å². The van der Waals surface area contributed by atoms with Crippen molar-refractivity contribution in [2.45, 2.75) is 40.5 Å². The lowest BCUT2D eigenvalue weighted by atomic mass is 9.82. The average molecular weight is 274 g/mol. The van der Waals surface area contributed by atoms with Gasteiger partial charge in [-0.1, -0.05) is 27.7 Å². The quantitative estimate of drug-likeness (QED) is 0.366. The van der Waals surface area contributed by atoms with Crippen LogP contribution in [0.2, 0.25) is 0 Å². The molecule has 0 aliphatic rings. The molecule has 0 aliphatic heterocycles. The Morgan fingerprint density at radius 2 is 1.53 bits per heavy atom. The standard InChI is InChI=1S/C14H26O5/c1-6-14(7-2,12(15)18-9-8-17-5)13(16)19-10-11(3)4/h11H,6-10H2,1-5H3. The fraction of sp³-hybridized carbons (Fsp3) is 0.857. The average Bonchev–Trinajstić information content (AvgIpc) is 2.38. The van der Waals surface area contributed by atoms with E-state index in [-0.39, 0.29) is 12.5 Å². The Balaban J connectivity index is 4.72. The minimum absolute atomic E-state index is 0.147. The molecule has 0 aromatic carbocycles. The van der Waals surface area contributed by atoms with Crippen LogP contribution in [-0.2, 0) is 23.8 Å². The van der Waals surface area contributed by atoms with E-state index in [2.05, 4.69) is 0 Å². The first-order chi connectivity index (χ1) is 8.94. The van der Waals surface area contributed by atoms with Crippen molar-refractivity contribution in [3.63, 3.8) is 0 Å². The van der Waals surface area contributed by atoms with Crippen molar-refractivity contribution >= 4 is 11.9 Å². The third kappa shape index (κ3) is 5.19. The number of rotatable bonds is 9. The molecule has 0 amide bonds. The van der Waals surface area contributed by atoms with E-state index in [0.717, 1.165) is 0 Å². The molecule has 19 heavy (non-hydrogen) atoms. The highest BCUT2D eigenvalue weighted by molar-refractivity contribution is 5.99. The Labute approximate surface area is 115 Å². The molecule has 0 bridgehead atoms. The summed E-state index contributed by atoms with van der Waals surface area (Å²) < 4.78 is 15.1. The molecule has 0 atom stereocenters. The second-order valence-corrected chi connectivity index (χ2v) is 4.91. The van der Waals surface area contributed by atoms with Gasteiger partial charge in [-0.3, -0.25) is 9.59 Å². The fourth-order valence-electron chi connectivity index (χ4n) is 1.65. The topological polar surface area (TPSA) is 61.8 Å². The molecule has 0 aromatic rings. The van der Waals surface area contributed by atoms with Crippen LogP contribution in [0.3, 0.4) is 0 Å². The van der Waals surface area contributed by atoms with Crippen LogP contribution in [0.5, 0.6) is 0 Å². The summed E-state index contributed by atoms with van der Waals surface area (Å²) in [6.07, 6.45) is 0.735. The van der Waals surface area contributed by atoms with Crippen molar-refractivity contribution < 1.29 is 23.8 Å².